The minimum Gasteiger partial charge on any atom is -0.465 e. The summed E-state index contributed by atoms with van der Waals surface area (Å²) in [5.74, 6) is -1.02. The minimum absolute atomic E-state index is 0.288. The van der Waals surface area contributed by atoms with Crippen molar-refractivity contribution in [1.29, 1.82) is 0 Å². The monoisotopic (exact) mass is 393 g/mol. The average Bonchev–Trinajstić information content (AvgIpc) is 2.74. The molecular weight excluding hydrogens is 374 g/mol. The Labute approximate surface area is 166 Å². The molecule has 1 N–H and O–H groups in total. The van der Waals surface area contributed by atoms with Crippen molar-refractivity contribution in [3.8, 4) is 0 Å². The summed E-state index contributed by atoms with van der Waals surface area (Å²) in [6.45, 7) is -0.136. The van der Waals surface area contributed by atoms with Crippen LogP contribution in [0.25, 0.3) is 0 Å². The number of hydrogen-bond acceptors (Lipinski definition) is 5. The lowest BCUT2D eigenvalue weighted by molar-refractivity contribution is -0.116. The van der Waals surface area contributed by atoms with E-state index in [1.807, 2.05) is 30.3 Å². The van der Waals surface area contributed by atoms with E-state index < -0.39 is 29.7 Å². The zero-order valence-corrected chi connectivity index (χ0v) is 15.7. The van der Waals surface area contributed by atoms with Gasteiger partial charge in [-0.05, 0) is 29.8 Å². The Morgan fingerprint density at radius 2 is 1.66 bits per heavy atom. The molecule has 0 aliphatic heterocycles. The van der Waals surface area contributed by atoms with Crippen molar-refractivity contribution in [3.05, 3.63) is 98.8 Å². The third-order valence-electron chi connectivity index (χ3n) is 4.23. The fourth-order valence-corrected chi connectivity index (χ4v) is 2.75. The molecule has 3 aromatic rings. The number of aromatic nitrogens is 2. The molecule has 0 aliphatic carbocycles. The van der Waals surface area contributed by atoms with Crippen LogP contribution in [0.2, 0.25) is 0 Å². The number of rotatable bonds is 6. The highest BCUT2D eigenvalue weighted by Gasteiger charge is 2.11. The third-order valence-corrected chi connectivity index (χ3v) is 4.23. The van der Waals surface area contributed by atoms with Gasteiger partial charge >= 0.3 is 11.7 Å². The SMILES string of the molecule is COC(=O)c1ccc(NC(=O)Cn2c(=O)ccn(Cc3ccccc3)c2=O)cc1. The van der Waals surface area contributed by atoms with Crippen molar-refractivity contribution < 1.29 is 14.3 Å². The van der Waals surface area contributed by atoms with Crippen LogP contribution >= 0.6 is 0 Å². The first-order chi connectivity index (χ1) is 14.0. The van der Waals surface area contributed by atoms with Gasteiger partial charge in [0, 0.05) is 18.0 Å². The summed E-state index contributed by atoms with van der Waals surface area (Å²) in [5, 5.41) is 2.60. The van der Waals surface area contributed by atoms with Crippen LogP contribution in [0.15, 0.2) is 76.4 Å². The van der Waals surface area contributed by atoms with Crippen LogP contribution in [-0.4, -0.2) is 28.1 Å². The van der Waals surface area contributed by atoms with E-state index in [0.717, 1.165) is 10.1 Å². The summed E-state index contributed by atoms with van der Waals surface area (Å²) >= 11 is 0. The molecule has 0 saturated carbocycles. The molecule has 0 spiro atoms. The predicted octanol–water partition coefficient (Wildman–Crippen LogP) is 1.48. The van der Waals surface area contributed by atoms with E-state index in [-0.39, 0.29) is 6.54 Å². The van der Waals surface area contributed by atoms with Crippen LogP contribution < -0.4 is 16.6 Å². The minimum atomic E-state index is -0.572. The third kappa shape index (κ3) is 4.86. The second-order valence-electron chi connectivity index (χ2n) is 6.25. The van der Waals surface area contributed by atoms with Crippen molar-refractivity contribution in [1.82, 2.24) is 9.13 Å². The first kappa shape index (κ1) is 19.8. The van der Waals surface area contributed by atoms with Gasteiger partial charge in [0.1, 0.15) is 6.54 Å². The van der Waals surface area contributed by atoms with Gasteiger partial charge in [0.05, 0.1) is 19.2 Å². The maximum atomic E-state index is 12.6. The van der Waals surface area contributed by atoms with Gasteiger partial charge in [-0.1, -0.05) is 30.3 Å². The summed E-state index contributed by atoms with van der Waals surface area (Å²) in [6, 6.07) is 16.6. The van der Waals surface area contributed by atoms with Gasteiger partial charge in [0.15, 0.2) is 0 Å². The number of benzene rings is 2. The summed E-state index contributed by atoms with van der Waals surface area (Å²) in [5.41, 5.74) is 0.535. The number of carbonyl (C=O) groups is 2. The number of carbonyl (C=O) groups excluding carboxylic acids is 2. The number of nitrogens with one attached hydrogen (secondary N) is 1. The molecule has 0 radical (unpaired) electrons. The van der Waals surface area contributed by atoms with E-state index in [1.54, 1.807) is 0 Å². The predicted molar refractivity (Wildman–Crippen MR) is 107 cm³/mol. The fourth-order valence-electron chi connectivity index (χ4n) is 2.75. The van der Waals surface area contributed by atoms with Crippen LogP contribution in [0.1, 0.15) is 15.9 Å². The first-order valence-electron chi connectivity index (χ1n) is 8.80. The smallest absolute Gasteiger partial charge is 0.337 e. The van der Waals surface area contributed by atoms with E-state index in [0.29, 0.717) is 11.3 Å². The van der Waals surface area contributed by atoms with Gasteiger partial charge in [-0.3, -0.25) is 18.7 Å². The van der Waals surface area contributed by atoms with Gasteiger partial charge in [-0.25, -0.2) is 9.59 Å². The molecule has 2 aromatic carbocycles. The van der Waals surface area contributed by atoms with E-state index in [1.165, 1.54) is 48.2 Å². The highest BCUT2D eigenvalue weighted by Crippen LogP contribution is 2.10. The second-order valence-corrected chi connectivity index (χ2v) is 6.25. The van der Waals surface area contributed by atoms with Gasteiger partial charge in [-0.15, -0.1) is 0 Å². The Balaban J connectivity index is 1.74. The molecule has 1 aromatic heterocycles. The maximum absolute atomic E-state index is 12.6. The number of methoxy groups -OCH3 is 1. The number of ether oxygens (including phenoxy) is 1. The Bertz CT molecular complexity index is 1130. The molecule has 1 amide bonds. The average molecular weight is 393 g/mol. The molecular formula is C21H19N3O5. The number of anilines is 1. The van der Waals surface area contributed by atoms with Gasteiger partial charge < -0.3 is 10.1 Å². The Morgan fingerprint density at radius 1 is 0.966 bits per heavy atom. The number of esters is 1. The highest BCUT2D eigenvalue weighted by molar-refractivity contribution is 5.92. The number of hydrogen-bond donors (Lipinski definition) is 1. The van der Waals surface area contributed by atoms with Gasteiger partial charge in [0.2, 0.25) is 5.91 Å². The van der Waals surface area contributed by atoms with E-state index in [2.05, 4.69) is 10.1 Å². The molecule has 0 unspecified atom stereocenters. The highest BCUT2D eigenvalue weighted by atomic mass is 16.5. The molecule has 8 heteroatoms. The van der Waals surface area contributed by atoms with Crippen LogP contribution in [0.4, 0.5) is 5.69 Å². The topological polar surface area (TPSA) is 99.4 Å². The van der Waals surface area contributed by atoms with Crippen LogP contribution in [-0.2, 0) is 22.6 Å². The second kappa shape index (κ2) is 8.83. The molecule has 0 atom stereocenters. The van der Waals surface area contributed by atoms with E-state index in [4.69, 9.17) is 0 Å². The van der Waals surface area contributed by atoms with Crippen molar-refractivity contribution >= 4 is 17.6 Å². The van der Waals surface area contributed by atoms with Crippen molar-refractivity contribution in [2.45, 2.75) is 13.1 Å². The molecule has 3 rings (SSSR count). The van der Waals surface area contributed by atoms with Gasteiger partial charge in [-0.2, -0.15) is 0 Å². The molecule has 8 nitrogen and oxygen atoms in total. The molecule has 1 heterocycles. The Kier molecular flexibility index (Phi) is 6.03. The van der Waals surface area contributed by atoms with E-state index in [9.17, 15) is 19.2 Å². The quantitative estimate of drug-likeness (QED) is 0.640. The first-order valence-corrected chi connectivity index (χ1v) is 8.80. The molecule has 0 aliphatic rings. The lowest BCUT2D eigenvalue weighted by Crippen LogP contribution is -2.41. The molecule has 0 fully saturated rings. The summed E-state index contributed by atoms with van der Waals surface area (Å²) in [7, 11) is 1.28. The van der Waals surface area contributed by atoms with Crippen LogP contribution in [0, 0.1) is 0 Å². The fraction of sp³-hybridized carbons (Fsp3) is 0.143. The van der Waals surface area contributed by atoms with E-state index >= 15 is 0 Å². The lowest BCUT2D eigenvalue weighted by atomic mass is 10.2. The van der Waals surface area contributed by atoms with Crippen molar-refractivity contribution in [2.75, 3.05) is 12.4 Å². The summed E-state index contributed by atoms with van der Waals surface area (Å²) in [6.07, 6.45) is 1.41. The molecule has 148 valence electrons. The van der Waals surface area contributed by atoms with Crippen LogP contribution in [0.5, 0.6) is 0 Å². The number of amides is 1. The molecule has 0 saturated heterocycles. The normalized spacial score (nSPS) is 10.4. The number of nitrogens with zero attached hydrogens (tertiary/aromatic N) is 2. The standard InChI is InChI=1S/C21H19N3O5/c1-29-20(27)16-7-9-17(10-8-16)22-18(25)14-24-19(26)11-12-23(21(24)28)13-15-5-3-2-4-6-15/h2-12H,13-14H2,1H3,(H,22,25). The Morgan fingerprint density at radius 3 is 2.31 bits per heavy atom. The zero-order chi connectivity index (χ0) is 20.8. The maximum Gasteiger partial charge on any atom is 0.337 e. The largest absolute Gasteiger partial charge is 0.465 e. The van der Waals surface area contributed by atoms with Crippen molar-refractivity contribution in [2.24, 2.45) is 0 Å². The van der Waals surface area contributed by atoms with Crippen LogP contribution in [0.3, 0.4) is 0 Å². The zero-order valence-electron chi connectivity index (χ0n) is 15.7. The summed E-state index contributed by atoms with van der Waals surface area (Å²) in [4.78, 5) is 48.5. The van der Waals surface area contributed by atoms with Gasteiger partial charge in [0.25, 0.3) is 5.56 Å². The summed E-state index contributed by atoms with van der Waals surface area (Å²) < 4.78 is 6.86. The molecule has 29 heavy (non-hydrogen) atoms. The Hall–Kier alpha value is -3.94. The lowest BCUT2D eigenvalue weighted by Gasteiger charge is -2.10. The molecule has 0 bridgehead atoms. The van der Waals surface area contributed by atoms with Crippen molar-refractivity contribution in [3.63, 3.8) is 0 Å².